The molecule has 5 heteroatoms. The molecule has 0 atom stereocenters. The van der Waals surface area contributed by atoms with Crippen LogP contribution in [0.3, 0.4) is 0 Å². The highest BCUT2D eigenvalue weighted by molar-refractivity contribution is 6.70. The van der Waals surface area contributed by atoms with Crippen molar-refractivity contribution in [1.82, 2.24) is 0 Å². The number of carboxylic acids is 1. The molecule has 0 aliphatic rings. The van der Waals surface area contributed by atoms with Crippen LogP contribution in [0, 0.1) is 0 Å². The summed E-state index contributed by atoms with van der Waals surface area (Å²) in [5.41, 5.74) is 6.25. The molecule has 1 rings (SSSR count). The summed E-state index contributed by atoms with van der Waals surface area (Å²) in [6.45, 7) is 6.12. The number of hydrogen-bond acceptors (Lipinski definition) is 3. The van der Waals surface area contributed by atoms with Crippen molar-refractivity contribution in [3.05, 3.63) is 23.8 Å². The zero-order valence-corrected chi connectivity index (χ0v) is 10.1. The number of benzene rings is 1. The fourth-order valence-corrected chi connectivity index (χ4v) is 1.95. The van der Waals surface area contributed by atoms with Crippen LogP contribution in [-0.4, -0.2) is 19.4 Å². The van der Waals surface area contributed by atoms with Gasteiger partial charge in [-0.05, 0) is 37.8 Å². The molecule has 15 heavy (non-hydrogen) atoms. The van der Waals surface area contributed by atoms with Crippen molar-refractivity contribution in [3.63, 3.8) is 0 Å². The van der Waals surface area contributed by atoms with Gasteiger partial charge < -0.3 is 15.3 Å². The third kappa shape index (κ3) is 3.28. The fraction of sp³-hybridized carbons (Fsp3) is 0.300. The van der Waals surface area contributed by atoms with Crippen molar-refractivity contribution >= 4 is 20.0 Å². The smallest absolute Gasteiger partial charge is 0.335 e. The Morgan fingerprint density at radius 3 is 2.40 bits per heavy atom. The number of carbonyl (C=O) groups is 1. The lowest BCUT2D eigenvalue weighted by Gasteiger charge is -2.20. The minimum absolute atomic E-state index is 0.176. The molecular formula is C10H15NO3Si. The fourth-order valence-electron chi connectivity index (χ4n) is 1.10. The molecule has 82 valence electrons. The first-order chi connectivity index (χ1) is 6.79. The van der Waals surface area contributed by atoms with E-state index in [2.05, 4.69) is 0 Å². The van der Waals surface area contributed by atoms with Crippen LogP contribution in [0.15, 0.2) is 18.2 Å². The second kappa shape index (κ2) is 3.94. The van der Waals surface area contributed by atoms with Crippen LogP contribution >= 0.6 is 0 Å². The molecule has 0 saturated heterocycles. The quantitative estimate of drug-likeness (QED) is 0.611. The number of carboxylic acid groups (broad SMARTS) is 1. The van der Waals surface area contributed by atoms with E-state index < -0.39 is 14.3 Å². The van der Waals surface area contributed by atoms with E-state index in [4.69, 9.17) is 15.3 Å². The molecule has 1 aromatic rings. The summed E-state index contributed by atoms with van der Waals surface area (Å²) in [6.07, 6.45) is 0. The first-order valence-electron chi connectivity index (χ1n) is 4.61. The highest BCUT2D eigenvalue weighted by Gasteiger charge is 2.18. The highest BCUT2D eigenvalue weighted by Crippen LogP contribution is 2.25. The molecule has 0 aliphatic carbocycles. The van der Waals surface area contributed by atoms with Crippen LogP contribution < -0.4 is 10.2 Å². The van der Waals surface area contributed by atoms with Gasteiger partial charge >= 0.3 is 5.97 Å². The molecule has 0 saturated carbocycles. The lowest BCUT2D eigenvalue weighted by Crippen LogP contribution is -2.29. The summed E-state index contributed by atoms with van der Waals surface area (Å²) in [5, 5.41) is 8.75. The number of nitrogen functional groups attached to an aromatic ring is 1. The van der Waals surface area contributed by atoms with Crippen LogP contribution in [0.25, 0.3) is 0 Å². The Kier molecular flexibility index (Phi) is 3.04. The minimum atomic E-state index is -1.70. The van der Waals surface area contributed by atoms with Gasteiger partial charge in [-0.2, -0.15) is 0 Å². The molecule has 0 aromatic heterocycles. The van der Waals surface area contributed by atoms with Crippen LogP contribution in [-0.2, 0) is 0 Å². The van der Waals surface area contributed by atoms with Gasteiger partial charge in [-0.15, -0.1) is 0 Å². The van der Waals surface area contributed by atoms with Gasteiger partial charge in [0.15, 0.2) is 0 Å². The molecule has 0 radical (unpaired) electrons. The molecule has 4 nitrogen and oxygen atoms in total. The summed E-state index contributed by atoms with van der Waals surface area (Å²) in [5.74, 6) is -0.416. The Balaban J connectivity index is 2.99. The molecule has 0 unspecified atom stereocenters. The summed E-state index contributed by atoms with van der Waals surface area (Å²) in [6, 6.07) is 4.52. The lowest BCUT2D eigenvalue weighted by atomic mass is 10.2. The minimum Gasteiger partial charge on any atom is -0.543 e. The second-order valence-electron chi connectivity index (χ2n) is 4.27. The standard InChI is InChI=1S/C10H15NO3Si/c1-15(2,3)14-9-5-4-7(10(12)13)6-8(9)11/h4-6H,11H2,1-3H3,(H,12,13). The molecule has 0 bridgehead atoms. The Hall–Kier alpha value is -1.49. The van der Waals surface area contributed by atoms with Crippen LogP contribution in [0.2, 0.25) is 19.6 Å². The van der Waals surface area contributed by atoms with Gasteiger partial charge in [0.05, 0.1) is 11.3 Å². The largest absolute Gasteiger partial charge is 0.543 e. The number of anilines is 1. The topological polar surface area (TPSA) is 72.5 Å². The Morgan fingerprint density at radius 2 is 2.00 bits per heavy atom. The summed E-state index contributed by atoms with van der Waals surface area (Å²) in [7, 11) is -1.70. The van der Waals surface area contributed by atoms with Gasteiger partial charge in [0.1, 0.15) is 5.75 Å². The van der Waals surface area contributed by atoms with Crippen molar-refractivity contribution in [3.8, 4) is 5.75 Å². The van der Waals surface area contributed by atoms with Crippen LogP contribution in [0.4, 0.5) is 5.69 Å². The maximum atomic E-state index is 10.7. The van der Waals surface area contributed by atoms with Crippen molar-refractivity contribution in [2.24, 2.45) is 0 Å². The molecule has 0 heterocycles. The molecule has 3 N–H and O–H groups in total. The van der Waals surface area contributed by atoms with E-state index in [-0.39, 0.29) is 5.56 Å². The second-order valence-corrected chi connectivity index (χ2v) is 8.70. The number of aromatic carboxylic acids is 1. The zero-order valence-electron chi connectivity index (χ0n) is 9.07. The summed E-state index contributed by atoms with van der Waals surface area (Å²) >= 11 is 0. The normalized spacial score (nSPS) is 11.1. The van der Waals surface area contributed by atoms with Gasteiger partial charge in [0, 0.05) is 0 Å². The van der Waals surface area contributed by atoms with E-state index in [0.717, 1.165) is 0 Å². The monoisotopic (exact) mass is 225 g/mol. The summed E-state index contributed by atoms with van der Waals surface area (Å²) < 4.78 is 5.69. The van der Waals surface area contributed by atoms with E-state index in [9.17, 15) is 4.79 Å². The van der Waals surface area contributed by atoms with Crippen molar-refractivity contribution in [2.45, 2.75) is 19.6 Å². The SMILES string of the molecule is C[Si](C)(C)Oc1ccc(C(=O)O)cc1N. The van der Waals surface area contributed by atoms with Gasteiger partial charge in [-0.1, -0.05) is 0 Å². The van der Waals surface area contributed by atoms with Gasteiger partial charge in [-0.25, -0.2) is 4.79 Å². The van der Waals surface area contributed by atoms with E-state index in [1.165, 1.54) is 12.1 Å². The molecule has 0 amide bonds. The number of hydrogen-bond donors (Lipinski definition) is 2. The first-order valence-corrected chi connectivity index (χ1v) is 8.02. The predicted molar refractivity (Wildman–Crippen MR) is 61.8 cm³/mol. The van der Waals surface area contributed by atoms with E-state index in [0.29, 0.717) is 11.4 Å². The van der Waals surface area contributed by atoms with Gasteiger partial charge in [0.2, 0.25) is 8.32 Å². The van der Waals surface area contributed by atoms with Crippen molar-refractivity contribution in [2.75, 3.05) is 5.73 Å². The first kappa shape index (κ1) is 11.6. The predicted octanol–water partition coefficient (Wildman–Crippen LogP) is 2.18. The Labute approximate surface area is 89.8 Å². The Morgan fingerprint density at radius 1 is 1.40 bits per heavy atom. The maximum Gasteiger partial charge on any atom is 0.335 e. The average Bonchev–Trinajstić information content (AvgIpc) is 2.05. The van der Waals surface area contributed by atoms with E-state index in [1.807, 2.05) is 19.6 Å². The summed E-state index contributed by atoms with van der Waals surface area (Å²) in [4.78, 5) is 10.7. The molecule has 1 aromatic carbocycles. The molecule has 0 aliphatic heterocycles. The maximum absolute atomic E-state index is 10.7. The average molecular weight is 225 g/mol. The highest BCUT2D eigenvalue weighted by atomic mass is 28.4. The third-order valence-corrected chi connectivity index (χ3v) is 2.51. The van der Waals surface area contributed by atoms with Crippen molar-refractivity contribution in [1.29, 1.82) is 0 Å². The zero-order chi connectivity index (χ0) is 11.6. The van der Waals surface area contributed by atoms with Crippen molar-refractivity contribution < 1.29 is 14.3 Å². The molecular weight excluding hydrogens is 210 g/mol. The van der Waals surface area contributed by atoms with Crippen LogP contribution in [0.1, 0.15) is 10.4 Å². The van der Waals surface area contributed by atoms with E-state index in [1.54, 1.807) is 6.07 Å². The molecule has 0 spiro atoms. The molecule has 0 fully saturated rings. The number of rotatable bonds is 3. The number of nitrogens with two attached hydrogens (primary N) is 1. The van der Waals surface area contributed by atoms with Gasteiger partial charge in [0.25, 0.3) is 0 Å². The van der Waals surface area contributed by atoms with E-state index >= 15 is 0 Å². The third-order valence-electron chi connectivity index (χ3n) is 1.67. The van der Waals surface area contributed by atoms with Crippen LogP contribution in [0.5, 0.6) is 5.75 Å². The lowest BCUT2D eigenvalue weighted by molar-refractivity contribution is 0.0697. The van der Waals surface area contributed by atoms with Gasteiger partial charge in [-0.3, -0.25) is 0 Å². The Bertz CT molecular complexity index is 385.